The van der Waals surface area contributed by atoms with Crippen LogP contribution in [0.2, 0.25) is 0 Å². The fourth-order valence-corrected chi connectivity index (χ4v) is 2.53. The molecule has 1 fully saturated rings. The van der Waals surface area contributed by atoms with Gasteiger partial charge >= 0.3 is 5.97 Å². The van der Waals surface area contributed by atoms with E-state index in [-0.39, 0.29) is 11.6 Å². The van der Waals surface area contributed by atoms with Crippen LogP contribution < -0.4 is 0 Å². The van der Waals surface area contributed by atoms with E-state index in [4.69, 9.17) is 4.74 Å². The minimum absolute atomic E-state index is 0.113. The quantitative estimate of drug-likeness (QED) is 0.616. The van der Waals surface area contributed by atoms with Gasteiger partial charge in [0.05, 0.1) is 0 Å². The molecule has 0 atom stereocenters. The lowest BCUT2D eigenvalue weighted by Crippen LogP contribution is -2.45. The van der Waals surface area contributed by atoms with E-state index in [2.05, 4.69) is 11.8 Å². The van der Waals surface area contributed by atoms with Gasteiger partial charge in [0.15, 0.2) is 0 Å². The van der Waals surface area contributed by atoms with Crippen LogP contribution in [0.4, 0.5) is 0 Å². The predicted molar refractivity (Wildman–Crippen MR) is 58.5 cm³/mol. The number of ether oxygens (including phenoxy) is 1. The Bertz CT molecular complexity index is 312. The zero-order valence-electron chi connectivity index (χ0n) is 9.80. The van der Waals surface area contributed by atoms with Gasteiger partial charge in [0, 0.05) is 31.5 Å². The molecule has 0 radical (unpaired) electrons. The number of likely N-dealkylation sites (tertiary alicyclic amines) is 1. The van der Waals surface area contributed by atoms with E-state index in [0.29, 0.717) is 0 Å². The smallest absolute Gasteiger partial charge is 0.334 e. The second kappa shape index (κ2) is 3.63. The molecular formula is C12H19NO2. The van der Waals surface area contributed by atoms with Gasteiger partial charge in [-0.1, -0.05) is 6.92 Å². The number of hydrogen-bond donors (Lipinski definition) is 0. The lowest BCUT2D eigenvalue weighted by Gasteiger charge is -2.38. The van der Waals surface area contributed by atoms with Crippen molar-refractivity contribution in [3.05, 3.63) is 11.1 Å². The number of piperidine rings is 1. The van der Waals surface area contributed by atoms with Gasteiger partial charge in [-0.15, -0.1) is 0 Å². The third-order valence-corrected chi connectivity index (χ3v) is 3.95. The first-order valence-corrected chi connectivity index (χ1v) is 5.73. The van der Waals surface area contributed by atoms with E-state index in [1.165, 1.54) is 0 Å². The molecule has 3 nitrogen and oxygen atoms in total. The lowest BCUT2D eigenvalue weighted by molar-refractivity contribution is -0.150. The molecule has 84 valence electrons. The molecule has 0 aromatic heterocycles. The highest BCUT2D eigenvalue weighted by atomic mass is 16.6. The van der Waals surface area contributed by atoms with E-state index < -0.39 is 0 Å². The third kappa shape index (κ3) is 1.59. The minimum Gasteiger partial charge on any atom is -0.451 e. The normalized spacial score (nSPS) is 26.2. The number of hydrogen-bond acceptors (Lipinski definition) is 3. The molecule has 0 unspecified atom stereocenters. The van der Waals surface area contributed by atoms with Crippen LogP contribution in [0, 0.1) is 0 Å². The van der Waals surface area contributed by atoms with E-state index in [0.717, 1.165) is 43.6 Å². The Kier molecular flexibility index (Phi) is 2.59. The van der Waals surface area contributed by atoms with Crippen LogP contribution in [-0.4, -0.2) is 36.1 Å². The first kappa shape index (κ1) is 10.7. The lowest BCUT2D eigenvalue weighted by atomic mass is 9.84. The summed E-state index contributed by atoms with van der Waals surface area (Å²) >= 11 is 0. The average molecular weight is 209 g/mol. The van der Waals surface area contributed by atoms with Crippen molar-refractivity contribution < 1.29 is 9.53 Å². The molecule has 0 bridgehead atoms. The topological polar surface area (TPSA) is 29.5 Å². The molecule has 0 aromatic carbocycles. The predicted octanol–water partition coefficient (Wildman–Crippen LogP) is 1.73. The van der Waals surface area contributed by atoms with Crippen LogP contribution in [0.3, 0.4) is 0 Å². The molecule has 1 spiro atoms. The molecule has 2 aliphatic rings. The van der Waals surface area contributed by atoms with Crippen molar-refractivity contribution in [3.63, 3.8) is 0 Å². The Balaban J connectivity index is 2.15. The summed E-state index contributed by atoms with van der Waals surface area (Å²) in [7, 11) is 0. The van der Waals surface area contributed by atoms with Crippen molar-refractivity contribution in [2.24, 2.45) is 0 Å². The SMILES string of the molecule is CCN1CCC2(CC1)OC(=O)C(C)=C2C. The van der Waals surface area contributed by atoms with Crippen molar-refractivity contribution in [2.45, 2.75) is 39.2 Å². The third-order valence-electron chi connectivity index (χ3n) is 3.95. The van der Waals surface area contributed by atoms with Crippen molar-refractivity contribution >= 4 is 5.97 Å². The molecule has 2 aliphatic heterocycles. The van der Waals surface area contributed by atoms with Gasteiger partial charge in [-0.2, -0.15) is 0 Å². The fraction of sp³-hybridized carbons (Fsp3) is 0.750. The second-order valence-corrected chi connectivity index (χ2v) is 4.57. The molecule has 0 amide bonds. The van der Waals surface area contributed by atoms with E-state index >= 15 is 0 Å². The zero-order chi connectivity index (χ0) is 11.1. The highest BCUT2D eigenvalue weighted by Gasteiger charge is 2.45. The van der Waals surface area contributed by atoms with E-state index in [9.17, 15) is 4.79 Å². The Morgan fingerprint density at radius 3 is 2.33 bits per heavy atom. The Morgan fingerprint density at radius 1 is 1.33 bits per heavy atom. The van der Waals surface area contributed by atoms with Crippen LogP contribution in [-0.2, 0) is 9.53 Å². The van der Waals surface area contributed by atoms with Gasteiger partial charge in [-0.25, -0.2) is 4.79 Å². The van der Waals surface area contributed by atoms with Crippen LogP contribution in [0.25, 0.3) is 0 Å². The molecule has 0 saturated carbocycles. The summed E-state index contributed by atoms with van der Waals surface area (Å²) in [6.45, 7) is 9.25. The first-order valence-electron chi connectivity index (χ1n) is 5.73. The fourth-order valence-electron chi connectivity index (χ4n) is 2.53. The zero-order valence-corrected chi connectivity index (χ0v) is 9.80. The number of nitrogens with zero attached hydrogens (tertiary/aromatic N) is 1. The van der Waals surface area contributed by atoms with Crippen LogP contribution in [0.5, 0.6) is 0 Å². The first-order chi connectivity index (χ1) is 7.09. The maximum atomic E-state index is 11.5. The molecule has 3 heteroatoms. The molecule has 0 N–H and O–H groups in total. The second-order valence-electron chi connectivity index (χ2n) is 4.57. The van der Waals surface area contributed by atoms with Crippen LogP contribution in [0.15, 0.2) is 11.1 Å². The van der Waals surface area contributed by atoms with Gasteiger partial charge < -0.3 is 9.64 Å². The van der Waals surface area contributed by atoms with Gasteiger partial charge in [0.1, 0.15) is 5.60 Å². The summed E-state index contributed by atoms with van der Waals surface area (Å²) in [5.74, 6) is -0.113. The highest BCUT2D eigenvalue weighted by Crippen LogP contribution is 2.40. The van der Waals surface area contributed by atoms with E-state index in [1.807, 2.05) is 13.8 Å². The summed E-state index contributed by atoms with van der Waals surface area (Å²) in [6, 6.07) is 0. The van der Waals surface area contributed by atoms with Gasteiger partial charge in [0.25, 0.3) is 0 Å². The van der Waals surface area contributed by atoms with Gasteiger partial charge in [-0.3, -0.25) is 0 Å². The van der Waals surface area contributed by atoms with Crippen molar-refractivity contribution in [2.75, 3.05) is 19.6 Å². The molecular weight excluding hydrogens is 190 g/mol. The number of carbonyl (C=O) groups is 1. The number of rotatable bonds is 1. The Morgan fingerprint density at radius 2 is 1.93 bits per heavy atom. The standard InChI is InChI=1S/C12H19NO2/c1-4-13-7-5-12(6-8-13)10(3)9(2)11(14)15-12/h4-8H2,1-3H3. The van der Waals surface area contributed by atoms with E-state index in [1.54, 1.807) is 0 Å². The molecule has 0 aliphatic carbocycles. The molecule has 15 heavy (non-hydrogen) atoms. The summed E-state index contributed by atoms with van der Waals surface area (Å²) in [6.07, 6.45) is 1.91. The number of carbonyl (C=O) groups excluding carboxylic acids is 1. The summed E-state index contributed by atoms with van der Waals surface area (Å²) in [4.78, 5) is 13.9. The van der Waals surface area contributed by atoms with Crippen LogP contribution in [0.1, 0.15) is 33.6 Å². The average Bonchev–Trinajstić information content (AvgIpc) is 2.45. The molecule has 2 rings (SSSR count). The largest absolute Gasteiger partial charge is 0.451 e. The molecule has 0 aromatic rings. The molecule has 1 saturated heterocycles. The summed E-state index contributed by atoms with van der Waals surface area (Å²) in [5, 5.41) is 0. The van der Waals surface area contributed by atoms with Crippen molar-refractivity contribution in [1.82, 2.24) is 4.90 Å². The van der Waals surface area contributed by atoms with Crippen LogP contribution >= 0.6 is 0 Å². The number of esters is 1. The Labute approximate surface area is 91.1 Å². The van der Waals surface area contributed by atoms with Gasteiger partial charge in [-0.05, 0) is 26.0 Å². The minimum atomic E-state index is -0.257. The monoisotopic (exact) mass is 209 g/mol. The van der Waals surface area contributed by atoms with Crippen molar-refractivity contribution in [3.8, 4) is 0 Å². The Hall–Kier alpha value is -0.830. The molecule has 2 heterocycles. The van der Waals surface area contributed by atoms with Gasteiger partial charge in [0.2, 0.25) is 0 Å². The maximum absolute atomic E-state index is 11.5. The maximum Gasteiger partial charge on any atom is 0.334 e. The highest BCUT2D eigenvalue weighted by molar-refractivity contribution is 5.92. The summed E-state index contributed by atoms with van der Waals surface area (Å²) < 4.78 is 5.57. The summed E-state index contributed by atoms with van der Waals surface area (Å²) in [5.41, 5.74) is 1.72. The van der Waals surface area contributed by atoms with Crippen molar-refractivity contribution in [1.29, 1.82) is 0 Å².